The fourth-order valence-electron chi connectivity index (χ4n) is 1.51. The monoisotopic (exact) mass is 218 g/mol. The molecule has 1 aliphatic rings. The zero-order valence-electron chi connectivity index (χ0n) is 8.14. The minimum atomic E-state index is -3.30. The minimum Gasteiger partial charge on any atom is -0.384 e. The molecule has 0 aromatic rings. The van der Waals surface area contributed by atoms with Crippen LogP contribution in [0.15, 0.2) is 0 Å². The maximum atomic E-state index is 11.7. The van der Waals surface area contributed by atoms with Crippen LogP contribution in [0.1, 0.15) is 12.8 Å². The zero-order chi connectivity index (χ0) is 10.6. The van der Waals surface area contributed by atoms with Crippen molar-refractivity contribution in [3.63, 3.8) is 0 Å². The standard InChI is InChI=1S/C8H14N2O3S/c1-13-5-6-14(11,12)10-4-2-3-8(10)7-9/h8H,2-6H2,1H3. The van der Waals surface area contributed by atoms with Gasteiger partial charge in [0.05, 0.1) is 18.4 Å². The summed E-state index contributed by atoms with van der Waals surface area (Å²) in [6, 6.07) is 1.53. The van der Waals surface area contributed by atoms with E-state index in [4.69, 9.17) is 10.00 Å². The molecule has 0 amide bonds. The van der Waals surface area contributed by atoms with Crippen molar-refractivity contribution in [2.75, 3.05) is 26.0 Å². The molecular formula is C8H14N2O3S. The largest absolute Gasteiger partial charge is 0.384 e. The highest BCUT2D eigenvalue weighted by Gasteiger charge is 2.33. The molecule has 1 fully saturated rings. The van der Waals surface area contributed by atoms with Crippen LogP contribution in [0.5, 0.6) is 0 Å². The van der Waals surface area contributed by atoms with E-state index < -0.39 is 16.1 Å². The van der Waals surface area contributed by atoms with Gasteiger partial charge in [-0.3, -0.25) is 0 Å². The maximum Gasteiger partial charge on any atom is 0.217 e. The van der Waals surface area contributed by atoms with Crippen LogP contribution in [0.2, 0.25) is 0 Å². The highest BCUT2D eigenvalue weighted by atomic mass is 32.2. The fraction of sp³-hybridized carbons (Fsp3) is 0.875. The van der Waals surface area contributed by atoms with E-state index in [1.807, 2.05) is 6.07 Å². The summed E-state index contributed by atoms with van der Waals surface area (Å²) in [5, 5.41) is 8.74. The Morgan fingerprint density at radius 3 is 2.93 bits per heavy atom. The average Bonchev–Trinajstić information content (AvgIpc) is 2.63. The lowest BCUT2D eigenvalue weighted by atomic mass is 10.2. The van der Waals surface area contributed by atoms with E-state index in [2.05, 4.69) is 0 Å². The second-order valence-corrected chi connectivity index (χ2v) is 5.25. The summed E-state index contributed by atoms with van der Waals surface area (Å²) in [5.41, 5.74) is 0. The van der Waals surface area contributed by atoms with Crippen molar-refractivity contribution in [2.24, 2.45) is 0 Å². The van der Waals surface area contributed by atoms with Crippen molar-refractivity contribution in [1.29, 1.82) is 5.26 Å². The van der Waals surface area contributed by atoms with Crippen LogP contribution >= 0.6 is 0 Å². The zero-order valence-corrected chi connectivity index (χ0v) is 8.96. The molecule has 1 heterocycles. The Labute approximate surface area is 84.3 Å². The predicted octanol–water partition coefficient (Wildman–Crippen LogP) is -0.0494. The Morgan fingerprint density at radius 2 is 2.36 bits per heavy atom. The molecule has 1 saturated heterocycles. The summed E-state index contributed by atoms with van der Waals surface area (Å²) in [6.07, 6.45) is 1.41. The van der Waals surface area contributed by atoms with Crippen LogP contribution in [0.25, 0.3) is 0 Å². The molecule has 0 saturated carbocycles. The number of nitrogens with zero attached hydrogens (tertiary/aromatic N) is 2. The van der Waals surface area contributed by atoms with E-state index in [0.717, 1.165) is 6.42 Å². The molecule has 6 heteroatoms. The van der Waals surface area contributed by atoms with E-state index in [-0.39, 0.29) is 12.4 Å². The molecule has 80 valence electrons. The van der Waals surface area contributed by atoms with Gasteiger partial charge in [0, 0.05) is 13.7 Å². The first-order chi connectivity index (χ1) is 6.61. The summed E-state index contributed by atoms with van der Waals surface area (Å²) >= 11 is 0. The Morgan fingerprint density at radius 1 is 1.64 bits per heavy atom. The van der Waals surface area contributed by atoms with Gasteiger partial charge < -0.3 is 4.74 Å². The Balaban J connectivity index is 2.68. The number of rotatable bonds is 4. The molecular weight excluding hydrogens is 204 g/mol. The van der Waals surface area contributed by atoms with Crippen molar-refractivity contribution in [3.8, 4) is 6.07 Å². The van der Waals surface area contributed by atoms with E-state index in [9.17, 15) is 8.42 Å². The third-order valence-electron chi connectivity index (χ3n) is 2.26. The minimum absolute atomic E-state index is 0.0400. The third kappa shape index (κ3) is 2.44. The quantitative estimate of drug-likeness (QED) is 0.663. The van der Waals surface area contributed by atoms with Crippen molar-refractivity contribution >= 4 is 10.0 Å². The topological polar surface area (TPSA) is 70.4 Å². The lowest BCUT2D eigenvalue weighted by molar-refractivity contribution is 0.215. The number of sulfonamides is 1. The number of ether oxygens (including phenoxy) is 1. The highest BCUT2D eigenvalue weighted by Crippen LogP contribution is 2.20. The third-order valence-corrected chi connectivity index (χ3v) is 4.09. The number of methoxy groups -OCH3 is 1. The van der Waals surface area contributed by atoms with Crippen LogP contribution in [0.3, 0.4) is 0 Å². The lowest BCUT2D eigenvalue weighted by Gasteiger charge is -2.18. The molecule has 14 heavy (non-hydrogen) atoms. The van der Waals surface area contributed by atoms with Gasteiger partial charge in [0.1, 0.15) is 6.04 Å². The summed E-state index contributed by atoms with van der Waals surface area (Å²) in [7, 11) is -1.84. The Kier molecular flexibility index (Phi) is 3.86. The molecule has 1 atom stereocenters. The Bertz CT molecular complexity index is 320. The highest BCUT2D eigenvalue weighted by molar-refractivity contribution is 7.89. The van der Waals surface area contributed by atoms with E-state index in [0.29, 0.717) is 13.0 Å². The van der Waals surface area contributed by atoms with Gasteiger partial charge in [-0.2, -0.15) is 9.57 Å². The van der Waals surface area contributed by atoms with Crippen molar-refractivity contribution < 1.29 is 13.2 Å². The smallest absolute Gasteiger partial charge is 0.217 e. The first-order valence-electron chi connectivity index (χ1n) is 4.50. The molecule has 0 aromatic carbocycles. The van der Waals surface area contributed by atoms with E-state index in [1.54, 1.807) is 0 Å². The van der Waals surface area contributed by atoms with Crippen LogP contribution in [-0.4, -0.2) is 44.8 Å². The van der Waals surface area contributed by atoms with Crippen molar-refractivity contribution in [1.82, 2.24) is 4.31 Å². The molecule has 1 rings (SSSR count). The van der Waals surface area contributed by atoms with Crippen molar-refractivity contribution in [3.05, 3.63) is 0 Å². The molecule has 0 aliphatic carbocycles. The molecule has 0 aromatic heterocycles. The van der Waals surface area contributed by atoms with Crippen LogP contribution in [0.4, 0.5) is 0 Å². The molecule has 5 nitrogen and oxygen atoms in total. The number of hydrogen-bond acceptors (Lipinski definition) is 4. The molecule has 0 spiro atoms. The Hall–Kier alpha value is -0.640. The summed E-state index contributed by atoms with van der Waals surface area (Å²) < 4.78 is 29.3. The van der Waals surface area contributed by atoms with Gasteiger partial charge in [-0.1, -0.05) is 0 Å². The summed E-state index contributed by atoms with van der Waals surface area (Å²) in [4.78, 5) is 0. The van der Waals surface area contributed by atoms with Crippen LogP contribution in [0, 0.1) is 11.3 Å². The van der Waals surface area contributed by atoms with Crippen LogP contribution < -0.4 is 0 Å². The molecule has 0 N–H and O–H groups in total. The summed E-state index contributed by atoms with van der Waals surface area (Å²) in [6.45, 7) is 0.640. The van der Waals surface area contributed by atoms with Gasteiger partial charge in [0.15, 0.2) is 0 Å². The van der Waals surface area contributed by atoms with E-state index in [1.165, 1.54) is 11.4 Å². The number of hydrogen-bond donors (Lipinski definition) is 0. The molecule has 1 aliphatic heterocycles. The average molecular weight is 218 g/mol. The lowest BCUT2D eigenvalue weighted by Crippen LogP contribution is -2.37. The first kappa shape index (κ1) is 11.4. The van der Waals surface area contributed by atoms with E-state index >= 15 is 0 Å². The van der Waals surface area contributed by atoms with Gasteiger partial charge >= 0.3 is 0 Å². The number of nitriles is 1. The van der Waals surface area contributed by atoms with Crippen LogP contribution in [-0.2, 0) is 14.8 Å². The maximum absolute atomic E-state index is 11.7. The fourth-order valence-corrected chi connectivity index (χ4v) is 3.07. The molecule has 0 bridgehead atoms. The predicted molar refractivity (Wildman–Crippen MR) is 51.0 cm³/mol. The molecule has 0 radical (unpaired) electrons. The first-order valence-corrected chi connectivity index (χ1v) is 6.11. The second-order valence-electron chi connectivity index (χ2n) is 3.21. The van der Waals surface area contributed by atoms with Gasteiger partial charge in [-0.05, 0) is 12.8 Å². The van der Waals surface area contributed by atoms with Gasteiger partial charge in [-0.25, -0.2) is 8.42 Å². The van der Waals surface area contributed by atoms with Gasteiger partial charge in [0.25, 0.3) is 0 Å². The molecule has 1 unspecified atom stereocenters. The SMILES string of the molecule is COCCS(=O)(=O)N1CCCC1C#N. The second kappa shape index (κ2) is 4.73. The normalized spacial score (nSPS) is 23.6. The summed E-state index contributed by atoms with van der Waals surface area (Å²) in [5.74, 6) is -0.0400. The van der Waals surface area contributed by atoms with Gasteiger partial charge in [0.2, 0.25) is 10.0 Å². The van der Waals surface area contributed by atoms with Gasteiger partial charge in [-0.15, -0.1) is 0 Å². The van der Waals surface area contributed by atoms with Crippen molar-refractivity contribution in [2.45, 2.75) is 18.9 Å².